The van der Waals surface area contributed by atoms with Crippen LogP contribution in [0.4, 0.5) is 0 Å². The number of nitrogens with zero attached hydrogens (tertiary/aromatic N) is 3. The van der Waals surface area contributed by atoms with Gasteiger partial charge >= 0.3 is 11.9 Å². The fourth-order valence-corrected chi connectivity index (χ4v) is 3.71. The average Bonchev–Trinajstić information content (AvgIpc) is 3.18. The Morgan fingerprint density at radius 2 is 1.93 bits per heavy atom. The van der Waals surface area contributed by atoms with Gasteiger partial charge in [-0.2, -0.15) is 5.10 Å². The van der Waals surface area contributed by atoms with Crippen LogP contribution in [-0.2, 0) is 20.8 Å². The molecular weight excluding hydrogens is 398 g/mol. The third kappa shape index (κ3) is 6.25. The van der Waals surface area contributed by atoms with Crippen LogP contribution in [-0.4, -0.2) is 95.0 Å². The second-order valence-corrected chi connectivity index (χ2v) is 7.08. The highest BCUT2D eigenvalue weighted by molar-refractivity contribution is 5.93. The number of esters is 2. The van der Waals surface area contributed by atoms with Crippen molar-refractivity contribution < 1.29 is 39.2 Å². The van der Waals surface area contributed by atoms with Crippen molar-refractivity contribution in [3.05, 3.63) is 17.5 Å². The van der Waals surface area contributed by atoms with Gasteiger partial charge < -0.3 is 29.7 Å². The molecule has 170 valence electrons. The second-order valence-electron chi connectivity index (χ2n) is 7.08. The van der Waals surface area contributed by atoms with Crippen molar-refractivity contribution >= 4 is 18.4 Å². The maximum atomic E-state index is 12.0. The Labute approximate surface area is 175 Å². The van der Waals surface area contributed by atoms with Gasteiger partial charge in [0.2, 0.25) is 0 Å². The Kier molecular flexibility index (Phi) is 10.4. The van der Waals surface area contributed by atoms with Crippen molar-refractivity contribution in [1.82, 2.24) is 14.7 Å². The predicted molar refractivity (Wildman–Crippen MR) is 105 cm³/mol. The summed E-state index contributed by atoms with van der Waals surface area (Å²) < 4.78 is 10.9. The van der Waals surface area contributed by atoms with E-state index < -0.39 is 23.5 Å². The number of ether oxygens (including phenoxy) is 2. The Hall–Kier alpha value is -2.50. The van der Waals surface area contributed by atoms with E-state index in [1.165, 1.54) is 25.0 Å². The molecule has 1 aliphatic heterocycles. The smallest absolute Gasteiger partial charge is 0.358 e. The molecular formula is C19H31N3O8. The number of likely N-dealkylation sites (tertiary alicyclic amines) is 1. The fraction of sp³-hybridized carbons (Fsp3) is 0.684. The largest absolute Gasteiger partial charge is 0.483 e. The second kappa shape index (κ2) is 12.3. The lowest BCUT2D eigenvalue weighted by molar-refractivity contribution is -0.122. The first-order valence-electron chi connectivity index (χ1n) is 9.66. The molecule has 1 fully saturated rings. The van der Waals surface area contributed by atoms with Gasteiger partial charge in [-0.3, -0.25) is 9.48 Å². The summed E-state index contributed by atoms with van der Waals surface area (Å²) in [6.45, 7) is 3.89. The van der Waals surface area contributed by atoms with E-state index in [0.717, 1.165) is 12.8 Å². The van der Waals surface area contributed by atoms with Crippen LogP contribution < -0.4 is 0 Å². The third-order valence-corrected chi connectivity index (χ3v) is 5.22. The van der Waals surface area contributed by atoms with E-state index in [9.17, 15) is 19.8 Å². The van der Waals surface area contributed by atoms with E-state index in [1.807, 2.05) is 6.92 Å². The maximum Gasteiger partial charge on any atom is 0.358 e. The van der Waals surface area contributed by atoms with Crippen LogP contribution in [0.2, 0.25) is 0 Å². The molecule has 11 nitrogen and oxygen atoms in total. The highest BCUT2D eigenvalue weighted by Gasteiger charge is 2.41. The van der Waals surface area contributed by atoms with Crippen molar-refractivity contribution in [3.63, 3.8) is 0 Å². The van der Waals surface area contributed by atoms with Crippen molar-refractivity contribution in [2.24, 2.45) is 5.41 Å². The SMILES string of the molecule is CCC[C@@]1(CO)CN(CCn2nc(C(=O)OC)cc2C(=O)OC)CC[C@H]1O.O=CO. The minimum atomic E-state index is -0.623. The molecule has 30 heavy (non-hydrogen) atoms. The summed E-state index contributed by atoms with van der Waals surface area (Å²) in [5.74, 6) is -1.20. The lowest BCUT2D eigenvalue weighted by Gasteiger charge is -2.45. The van der Waals surface area contributed by atoms with Gasteiger partial charge in [-0.05, 0) is 12.8 Å². The van der Waals surface area contributed by atoms with Gasteiger partial charge in [0.15, 0.2) is 5.69 Å². The molecule has 1 aromatic rings. The predicted octanol–water partition coefficient (Wildman–Crippen LogP) is 0.00250. The summed E-state index contributed by atoms with van der Waals surface area (Å²) in [7, 11) is 2.52. The molecule has 2 rings (SSSR count). The quantitative estimate of drug-likeness (QED) is 0.380. The molecule has 0 aliphatic carbocycles. The molecule has 0 saturated carbocycles. The van der Waals surface area contributed by atoms with Gasteiger partial charge in [0.1, 0.15) is 5.69 Å². The van der Waals surface area contributed by atoms with Gasteiger partial charge in [0, 0.05) is 31.1 Å². The number of carbonyl (C=O) groups is 3. The van der Waals surface area contributed by atoms with Gasteiger partial charge in [-0.15, -0.1) is 0 Å². The number of hydrogen-bond donors (Lipinski definition) is 3. The van der Waals surface area contributed by atoms with Crippen LogP contribution in [0.15, 0.2) is 6.07 Å². The number of piperidine rings is 1. The Balaban J connectivity index is 0.00000141. The summed E-state index contributed by atoms with van der Waals surface area (Å²) in [5.41, 5.74) is -0.306. The van der Waals surface area contributed by atoms with Crippen molar-refractivity contribution in [2.45, 2.75) is 38.8 Å². The zero-order valence-corrected chi connectivity index (χ0v) is 17.6. The lowest BCUT2D eigenvalue weighted by Crippen LogP contribution is -2.54. The number of hydrogen-bond acceptors (Lipinski definition) is 9. The number of aliphatic hydroxyl groups excluding tert-OH is 2. The lowest BCUT2D eigenvalue weighted by atomic mass is 9.74. The highest BCUT2D eigenvalue weighted by atomic mass is 16.5. The number of aliphatic hydroxyl groups is 2. The molecule has 1 aromatic heterocycles. The van der Waals surface area contributed by atoms with Crippen molar-refractivity contribution in [2.75, 3.05) is 40.5 Å². The minimum absolute atomic E-state index is 0.0441. The highest BCUT2D eigenvalue weighted by Crippen LogP contribution is 2.34. The number of aromatic nitrogens is 2. The fourth-order valence-electron chi connectivity index (χ4n) is 3.71. The van der Waals surface area contributed by atoms with Gasteiger partial charge in [0.25, 0.3) is 6.47 Å². The molecule has 0 spiro atoms. The number of methoxy groups -OCH3 is 2. The summed E-state index contributed by atoms with van der Waals surface area (Å²) in [6, 6.07) is 1.35. The molecule has 2 atom stereocenters. The van der Waals surface area contributed by atoms with Crippen LogP contribution in [0.1, 0.15) is 47.2 Å². The van der Waals surface area contributed by atoms with E-state index in [2.05, 4.69) is 14.7 Å². The molecule has 1 saturated heterocycles. The first-order valence-corrected chi connectivity index (χ1v) is 9.66. The van der Waals surface area contributed by atoms with E-state index in [0.29, 0.717) is 32.6 Å². The standard InChI is InChI=1S/C18H29N3O6.CH2O2/c1-4-6-18(12-22)11-20(7-5-15(18)23)8-9-21-14(17(25)27-3)10-13(19-21)16(24)26-2;2-1-3/h10,15,22-23H,4-9,11-12H2,1-3H3;1H,(H,2,3)/t15-,18+;/m1./s1. The van der Waals surface area contributed by atoms with Gasteiger partial charge in [-0.25, -0.2) is 9.59 Å². The van der Waals surface area contributed by atoms with E-state index in [-0.39, 0.29) is 24.5 Å². The first-order chi connectivity index (χ1) is 14.3. The molecule has 0 unspecified atom stereocenters. The molecule has 0 amide bonds. The maximum absolute atomic E-state index is 12.0. The van der Waals surface area contributed by atoms with Crippen LogP contribution in [0, 0.1) is 5.41 Å². The number of rotatable bonds is 8. The molecule has 0 bridgehead atoms. The minimum Gasteiger partial charge on any atom is -0.483 e. The van der Waals surface area contributed by atoms with Crippen LogP contribution in [0.25, 0.3) is 0 Å². The summed E-state index contributed by atoms with van der Waals surface area (Å²) in [4.78, 5) is 34.2. The van der Waals surface area contributed by atoms with Crippen LogP contribution >= 0.6 is 0 Å². The van der Waals surface area contributed by atoms with E-state index in [1.54, 1.807) is 0 Å². The Morgan fingerprint density at radius 1 is 1.30 bits per heavy atom. The number of carbonyl (C=O) groups excluding carboxylic acids is 2. The van der Waals surface area contributed by atoms with Crippen molar-refractivity contribution in [1.29, 1.82) is 0 Å². The number of carboxylic acid groups (broad SMARTS) is 1. The average molecular weight is 429 g/mol. The molecule has 0 aromatic carbocycles. The van der Waals surface area contributed by atoms with Crippen LogP contribution in [0.3, 0.4) is 0 Å². The zero-order valence-electron chi connectivity index (χ0n) is 17.6. The normalized spacial score (nSPS) is 21.3. The van der Waals surface area contributed by atoms with Gasteiger partial charge in [-0.1, -0.05) is 13.3 Å². The molecule has 3 N–H and O–H groups in total. The van der Waals surface area contributed by atoms with Crippen molar-refractivity contribution in [3.8, 4) is 0 Å². The van der Waals surface area contributed by atoms with E-state index >= 15 is 0 Å². The topological polar surface area (TPSA) is 151 Å². The summed E-state index contributed by atoms with van der Waals surface area (Å²) >= 11 is 0. The van der Waals surface area contributed by atoms with E-state index in [4.69, 9.17) is 14.6 Å². The Morgan fingerprint density at radius 3 is 2.47 bits per heavy atom. The van der Waals surface area contributed by atoms with Gasteiger partial charge in [0.05, 0.1) is 33.5 Å². The Bertz CT molecular complexity index is 708. The molecule has 1 aliphatic rings. The van der Waals surface area contributed by atoms with Crippen LogP contribution in [0.5, 0.6) is 0 Å². The molecule has 2 heterocycles. The summed E-state index contributed by atoms with van der Waals surface area (Å²) in [6.07, 6.45) is 1.67. The third-order valence-electron chi connectivity index (χ3n) is 5.22. The molecule has 11 heteroatoms. The summed E-state index contributed by atoms with van der Waals surface area (Å²) in [5, 5.41) is 31.3. The first kappa shape index (κ1) is 25.5. The molecule has 0 radical (unpaired) electrons. The zero-order chi connectivity index (χ0) is 22.7. The monoisotopic (exact) mass is 429 g/mol.